The van der Waals surface area contributed by atoms with Crippen molar-refractivity contribution in [1.82, 2.24) is 15.2 Å². The normalized spacial score (nSPS) is 10.4. The maximum atomic E-state index is 11.9. The van der Waals surface area contributed by atoms with Gasteiger partial charge in [0, 0.05) is 6.20 Å². The number of anilines is 1. The molecule has 0 atom stereocenters. The zero-order chi connectivity index (χ0) is 13.9. The van der Waals surface area contributed by atoms with Gasteiger partial charge in [-0.2, -0.15) is 0 Å². The molecule has 0 aliphatic heterocycles. The fraction of sp³-hybridized carbons (Fsp3) is 0. The lowest BCUT2D eigenvalue weighted by Gasteiger charge is -1.96. The first-order valence-corrected chi connectivity index (χ1v) is 7.15. The number of pyridine rings is 1. The summed E-state index contributed by atoms with van der Waals surface area (Å²) in [7, 11) is 0. The molecular formula is C12H7BrN4O2S. The van der Waals surface area contributed by atoms with Crippen LogP contribution in [0.4, 0.5) is 6.01 Å². The lowest BCUT2D eigenvalue weighted by atomic mass is 10.3. The summed E-state index contributed by atoms with van der Waals surface area (Å²) in [6, 6.07) is 8.90. The van der Waals surface area contributed by atoms with Gasteiger partial charge >= 0.3 is 6.01 Å². The number of nitrogens with zero attached hydrogens (tertiary/aromatic N) is 3. The minimum atomic E-state index is -0.295. The Hall–Kier alpha value is -2.06. The highest BCUT2D eigenvalue weighted by molar-refractivity contribution is 9.11. The largest absolute Gasteiger partial charge is 0.401 e. The van der Waals surface area contributed by atoms with Gasteiger partial charge in [0.1, 0.15) is 5.69 Å². The van der Waals surface area contributed by atoms with Crippen LogP contribution in [0.25, 0.3) is 11.6 Å². The Morgan fingerprint density at radius 1 is 1.25 bits per heavy atom. The molecule has 3 rings (SSSR count). The van der Waals surface area contributed by atoms with Gasteiger partial charge in [0.05, 0.1) is 8.66 Å². The van der Waals surface area contributed by atoms with Gasteiger partial charge in [-0.1, -0.05) is 11.2 Å². The second kappa shape index (κ2) is 5.51. The molecule has 0 aliphatic rings. The van der Waals surface area contributed by atoms with Gasteiger partial charge in [-0.05, 0) is 40.2 Å². The van der Waals surface area contributed by atoms with E-state index in [2.05, 4.69) is 36.4 Å². The number of hydrogen-bond acceptors (Lipinski definition) is 6. The Morgan fingerprint density at radius 2 is 2.15 bits per heavy atom. The van der Waals surface area contributed by atoms with E-state index in [0.717, 1.165) is 3.79 Å². The fourth-order valence-corrected chi connectivity index (χ4v) is 2.74. The third-order valence-corrected chi connectivity index (χ3v) is 3.95. The summed E-state index contributed by atoms with van der Waals surface area (Å²) < 4.78 is 6.22. The van der Waals surface area contributed by atoms with Crippen LogP contribution in [0.3, 0.4) is 0 Å². The summed E-state index contributed by atoms with van der Waals surface area (Å²) in [5, 5.41) is 10.2. The van der Waals surface area contributed by atoms with E-state index >= 15 is 0 Å². The van der Waals surface area contributed by atoms with E-state index in [0.29, 0.717) is 10.6 Å². The fourth-order valence-electron chi connectivity index (χ4n) is 1.46. The van der Waals surface area contributed by atoms with E-state index in [-0.39, 0.29) is 17.8 Å². The summed E-state index contributed by atoms with van der Waals surface area (Å²) in [5.41, 5.74) is 0.555. The van der Waals surface area contributed by atoms with Crippen LogP contribution in [0.1, 0.15) is 9.67 Å². The zero-order valence-corrected chi connectivity index (χ0v) is 12.3. The highest BCUT2D eigenvalue weighted by atomic mass is 79.9. The maximum Gasteiger partial charge on any atom is 0.322 e. The van der Waals surface area contributed by atoms with Crippen molar-refractivity contribution in [1.29, 1.82) is 0 Å². The van der Waals surface area contributed by atoms with Crippen LogP contribution >= 0.6 is 27.3 Å². The second-order valence-corrected chi connectivity index (χ2v) is 6.15. The minimum absolute atomic E-state index is 0.0418. The molecule has 0 spiro atoms. The number of nitrogens with one attached hydrogen (secondary N) is 1. The molecule has 0 aromatic carbocycles. The molecule has 1 amide bonds. The first-order chi connectivity index (χ1) is 9.72. The molecule has 0 bridgehead atoms. The average Bonchev–Trinajstić information content (AvgIpc) is 3.09. The van der Waals surface area contributed by atoms with Crippen molar-refractivity contribution in [2.75, 3.05) is 5.32 Å². The molecule has 1 N–H and O–H groups in total. The van der Waals surface area contributed by atoms with Crippen molar-refractivity contribution in [2.24, 2.45) is 0 Å². The van der Waals surface area contributed by atoms with E-state index in [1.807, 2.05) is 6.07 Å². The molecule has 3 aromatic heterocycles. The number of amides is 1. The maximum absolute atomic E-state index is 11.9. The van der Waals surface area contributed by atoms with Gasteiger partial charge in [-0.25, -0.2) is 0 Å². The molecular weight excluding hydrogens is 344 g/mol. The lowest BCUT2D eigenvalue weighted by molar-refractivity contribution is 0.102. The molecule has 3 aromatic rings. The lowest BCUT2D eigenvalue weighted by Crippen LogP contribution is -2.10. The Kier molecular flexibility index (Phi) is 3.57. The zero-order valence-electron chi connectivity index (χ0n) is 9.91. The van der Waals surface area contributed by atoms with E-state index in [9.17, 15) is 4.79 Å². The number of aromatic nitrogens is 3. The van der Waals surface area contributed by atoms with Crippen molar-refractivity contribution >= 4 is 39.2 Å². The summed E-state index contributed by atoms with van der Waals surface area (Å²) in [6.45, 7) is 0. The first kappa shape index (κ1) is 12.9. The molecule has 6 nitrogen and oxygen atoms in total. The third-order valence-electron chi connectivity index (χ3n) is 2.33. The summed E-state index contributed by atoms with van der Waals surface area (Å²) in [4.78, 5) is 16.5. The Morgan fingerprint density at radius 3 is 2.85 bits per heavy atom. The molecule has 0 unspecified atom stereocenters. The highest BCUT2D eigenvalue weighted by Gasteiger charge is 2.14. The van der Waals surface area contributed by atoms with E-state index in [1.165, 1.54) is 11.3 Å². The van der Waals surface area contributed by atoms with Crippen LogP contribution < -0.4 is 5.32 Å². The predicted molar refractivity (Wildman–Crippen MR) is 77.5 cm³/mol. The summed E-state index contributed by atoms with van der Waals surface area (Å²) >= 11 is 4.62. The van der Waals surface area contributed by atoms with Crippen LogP contribution in [0.2, 0.25) is 0 Å². The number of hydrogen-bond donors (Lipinski definition) is 1. The topological polar surface area (TPSA) is 80.9 Å². The molecule has 0 aliphatic carbocycles. The number of carbonyl (C=O) groups excluding carboxylic acids is 1. The quantitative estimate of drug-likeness (QED) is 0.784. The SMILES string of the molecule is O=C(Nc1nnc(-c2ccccn2)o1)c1ccc(Br)s1. The molecule has 0 saturated carbocycles. The van der Waals surface area contributed by atoms with Gasteiger partial charge in [0.25, 0.3) is 11.8 Å². The van der Waals surface area contributed by atoms with Crippen LogP contribution in [-0.4, -0.2) is 21.1 Å². The molecule has 3 heterocycles. The smallest absolute Gasteiger partial charge is 0.322 e. The van der Waals surface area contributed by atoms with Crippen molar-refractivity contribution < 1.29 is 9.21 Å². The first-order valence-electron chi connectivity index (χ1n) is 5.54. The van der Waals surface area contributed by atoms with Crippen LogP contribution in [0.5, 0.6) is 0 Å². The van der Waals surface area contributed by atoms with Gasteiger partial charge < -0.3 is 4.42 Å². The Balaban J connectivity index is 1.76. The number of halogens is 1. The molecule has 0 saturated heterocycles. The van der Waals surface area contributed by atoms with E-state index in [1.54, 1.807) is 30.5 Å². The standard InChI is InChI=1S/C12H7BrN4O2S/c13-9-5-4-8(20-9)10(18)15-12-17-16-11(19-12)7-3-1-2-6-14-7/h1-6H,(H,15,17,18). The predicted octanol–water partition coefficient (Wildman–Crippen LogP) is 3.21. The van der Waals surface area contributed by atoms with E-state index in [4.69, 9.17) is 4.42 Å². The summed E-state index contributed by atoms with van der Waals surface area (Å²) in [5.74, 6) is -0.0369. The van der Waals surface area contributed by atoms with Crippen LogP contribution in [0, 0.1) is 0 Å². The molecule has 100 valence electrons. The van der Waals surface area contributed by atoms with Gasteiger partial charge in [-0.15, -0.1) is 16.4 Å². The summed E-state index contributed by atoms with van der Waals surface area (Å²) in [6.07, 6.45) is 1.63. The molecule has 0 fully saturated rings. The average molecular weight is 351 g/mol. The van der Waals surface area contributed by atoms with Crippen molar-refractivity contribution in [3.8, 4) is 11.6 Å². The van der Waals surface area contributed by atoms with E-state index < -0.39 is 0 Å². The van der Waals surface area contributed by atoms with Gasteiger partial charge in [-0.3, -0.25) is 15.1 Å². The highest BCUT2D eigenvalue weighted by Crippen LogP contribution is 2.23. The Labute approximate surface area is 126 Å². The molecule has 8 heteroatoms. The molecule has 20 heavy (non-hydrogen) atoms. The minimum Gasteiger partial charge on any atom is -0.401 e. The molecule has 0 radical (unpaired) electrons. The second-order valence-electron chi connectivity index (χ2n) is 3.69. The van der Waals surface area contributed by atoms with Crippen LogP contribution in [-0.2, 0) is 0 Å². The number of rotatable bonds is 3. The van der Waals surface area contributed by atoms with Crippen LogP contribution in [0.15, 0.2) is 44.7 Å². The van der Waals surface area contributed by atoms with Crippen molar-refractivity contribution in [3.05, 3.63) is 45.2 Å². The van der Waals surface area contributed by atoms with Gasteiger partial charge in [0.2, 0.25) is 0 Å². The van der Waals surface area contributed by atoms with Gasteiger partial charge in [0.15, 0.2) is 0 Å². The van der Waals surface area contributed by atoms with Crippen molar-refractivity contribution in [3.63, 3.8) is 0 Å². The Bertz CT molecular complexity index is 741. The third kappa shape index (κ3) is 2.75. The van der Waals surface area contributed by atoms with Crippen molar-refractivity contribution in [2.45, 2.75) is 0 Å². The monoisotopic (exact) mass is 350 g/mol. The number of carbonyl (C=O) groups is 1. The number of thiophene rings is 1.